The Balaban J connectivity index is 1.33. The van der Waals surface area contributed by atoms with E-state index in [9.17, 15) is 14.4 Å². The molecule has 1 aromatic carbocycles. The Morgan fingerprint density at radius 1 is 0.974 bits per heavy atom. The Hall–Kier alpha value is -2.71. The van der Waals surface area contributed by atoms with Gasteiger partial charge in [-0.05, 0) is 62.8 Å². The Morgan fingerprint density at radius 3 is 2.51 bits per heavy atom. The van der Waals surface area contributed by atoms with Crippen LogP contribution in [-0.4, -0.2) is 85.5 Å². The van der Waals surface area contributed by atoms with E-state index in [1.54, 1.807) is 0 Å². The lowest BCUT2D eigenvalue weighted by molar-refractivity contribution is -0.140. The van der Waals surface area contributed by atoms with E-state index in [0.717, 1.165) is 57.4 Å². The highest BCUT2D eigenvalue weighted by Gasteiger charge is 2.41. The predicted octanol–water partition coefficient (Wildman–Crippen LogP) is 2.68. The van der Waals surface area contributed by atoms with Crippen molar-refractivity contribution >= 4 is 17.7 Å². The molecule has 8 heteroatoms. The molecule has 0 aliphatic carbocycles. The summed E-state index contributed by atoms with van der Waals surface area (Å²) >= 11 is 0. The molecule has 0 unspecified atom stereocenters. The standard InChI is InChI=1S/C31H44N4O4/c36-28(35-16-7-2-8-17-35)23-34-18-12-26-25(22-34)11-5-6-13-31(14-19-39-20-15-31)30(38)33-27(29(37)32-26)21-24-9-3-1-4-10-24/h1,3-6,9-10,25-27H,2,7-8,11-23H2,(H,32,37)(H,33,38)/b6-5+/t25-,26+,27+/m0/s1. The number of benzene rings is 1. The lowest BCUT2D eigenvalue weighted by Gasteiger charge is -2.41. The van der Waals surface area contributed by atoms with E-state index in [-0.39, 0.29) is 29.7 Å². The highest BCUT2D eigenvalue weighted by atomic mass is 16.5. The van der Waals surface area contributed by atoms with Crippen molar-refractivity contribution < 1.29 is 19.1 Å². The Morgan fingerprint density at radius 2 is 1.74 bits per heavy atom. The average molecular weight is 537 g/mol. The first-order valence-electron chi connectivity index (χ1n) is 14.9. The Kier molecular flexibility index (Phi) is 9.35. The quantitative estimate of drug-likeness (QED) is 0.578. The fraction of sp³-hybridized carbons (Fsp3) is 0.645. The van der Waals surface area contributed by atoms with Crippen molar-refractivity contribution in [2.45, 2.75) is 69.9 Å². The van der Waals surface area contributed by atoms with E-state index in [1.165, 1.54) is 6.42 Å². The van der Waals surface area contributed by atoms with Crippen LogP contribution in [0.25, 0.3) is 0 Å². The van der Waals surface area contributed by atoms with Crippen molar-refractivity contribution in [2.75, 3.05) is 45.9 Å². The molecule has 8 nitrogen and oxygen atoms in total. The maximum atomic E-state index is 13.7. The number of nitrogens with one attached hydrogen (secondary N) is 2. The van der Waals surface area contributed by atoms with Gasteiger partial charge in [0.2, 0.25) is 17.7 Å². The van der Waals surface area contributed by atoms with E-state index in [0.29, 0.717) is 45.4 Å². The minimum Gasteiger partial charge on any atom is -0.381 e. The number of hydrogen-bond acceptors (Lipinski definition) is 5. The summed E-state index contributed by atoms with van der Waals surface area (Å²) in [5.41, 5.74) is 0.468. The molecule has 0 radical (unpaired) electrons. The van der Waals surface area contributed by atoms with Crippen LogP contribution in [0.4, 0.5) is 0 Å². The van der Waals surface area contributed by atoms with Crippen LogP contribution in [0, 0.1) is 11.3 Å². The normalized spacial score (nSPS) is 29.3. The third-order valence-corrected chi connectivity index (χ3v) is 9.16. The molecule has 5 rings (SSSR count). The Bertz CT molecular complexity index is 1020. The molecular weight excluding hydrogens is 492 g/mol. The highest BCUT2D eigenvalue weighted by Crippen LogP contribution is 2.36. The Labute approximate surface area is 232 Å². The number of ether oxygens (including phenoxy) is 1. The zero-order valence-corrected chi connectivity index (χ0v) is 23.1. The monoisotopic (exact) mass is 536 g/mol. The molecular formula is C31H44N4O4. The van der Waals surface area contributed by atoms with Gasteiger partial charge in [0, 0.05) is 51.9 Å². The maximum absolute atomic E-state index is 13.7. The second kappa shape index (κ2) is 13.1. The van der Waals surface area contributed by atoms with Crippen LogP contribution in [-0.2, 0) is 25.5 Å². The summed E-state index contributed by atoms with van der Waals surface area (Å²) in [6.07, 6.45) is 11.8. The number of hydrogen-bond donors (Lipinski definition) is 2. The summed E-state index contributed by atoms with van der Waals surface area (Å²) in [6, 6.07) is 9.27. The van der Waals surface area contributed by atoms with Crippen molar-refractivity contribution in [3.63, 3.8) is 0 Å². The molecule has 0 aromatic heterocycles. The lowest BCUT2D eigenvalue weighted by atomic mass is 9.75. The van der Waals surface area contributed by atoms with Gasteiger partial charge in [-0.1, -0.05) is 42.5 Å². The van der Waals surface area contributed by atoms with Crippen molar-refractivity contribution in [3.05, 3.63) is 48.0 Å². The molecule has 4 aliphatic rings. The predicted molar refractivity (Wildman–Crippen MR) is 150 cm³/mol. The van der Waals surface area contributed by atoms with Crippen LogP contribution >= 0.6 is 0 Å². The number of carbonyl (C=O) groups excluding carboxylic acids is 3. The van der Waals surface area contributed by atoms with Crippen LogP contribution in [0.3, 0.4) is 0 Å². The van der Waals surface area contributed by atoms with E-state index in [1.807, 2.05) is 35.2 Å². The summed E-state index contributed by atoms with van der Waals surface area (Å²) in [6.45, 7) is 4.88. The van der Waals surface area contributed by atoms with Gasteiger partial charge in [-0.2, -0.15) is 0 Å². The van der Waals surface area contributed by atoms with E-state index in [2.05, 4.69) is 27.7 Å². The van der Waals surface area contributed by atoms with Gasteiger partial charge in [-0.25, -0.2) is 0 Å². The summed E-state index contributed by atoms with van der Waals surface area (Å²) in [5.74, 6) is 0.278. The van der Waals surface area contributed by atoms with E-state index < -0.39 is 11.5 Å². The SMILES string of the molecule is O=C1N[C@@H]2CCN(CC(=O)N3CCCCC3)C[C@@H]2C/C=C/CC2(CCOCC2)C(=O)N[C@@H]1Cc1ccccc1. The number of nitrogens with zero attached hydrogens (tertiary/aromatic N) is 2. The van der Waals surface area contributed by atoms with Gasteiger partial charge >= 0.3 is 0 Å². The highest BCUT2D eigenvalue weighted by molar-refractivity contribution is 5.90. The van der Waals surface area contributed by atoms with Gasteiger partial charge in [0.15, 0.2) is 0 Å². The minimum absolute atomic E-state index is 0.00938. The molecule has 0 saturated carbocycles. The van der Waals surface area contributed by atoms with Gasteiger partial charge in [0.25, 0.3) is 0 Å². The molecule has 0 bridgehead atoms. The number of fused-ring (bicyclic) bond motifs is 1. The largest absolute Gasteiger partial charge is 0.381 e. The van der Waals surface area contributed by atoms with Crippen molar-refractivity contribution in [1.82, 2.24) is 20.4 Å². The topological polar surface area (TPSA) is 91.0 Å². The van der Waals surface area contributed by atoms with Gasteiger partial charge in [-0.3, -0.25) is 19.3 Å². The molecule has 212 valence electrons. The molecule has 4 aliphatic heterocycles. The molecule has 1 aromatic rings. The summed E-state index contributed by atoms with van der Waals surface area (Å²) < 4.78 is 5.60. The molecule has 1 spiro atoms. The van der Waals surface area contributed by atoms with Crippen LogP contribution in [0.5, 0.6) is 0 Å². The number of allylic oxidation sites excluding steroid dienone is 2. The number of rotatable bonds is 4. The second-order valence-corrected chi connectivity index (χ2v) is 11.9. The third-order valence-electron chi connectivity index (χ3n) is 9.16. The molecule has 3 fully saturated rings. The molecule has 39 heavy (non-hydrogen) atoms. The molecule has 4 heterocycles. The second-order valence-electron chi connectivity index (χ2n) is 11.9. The first-order valence-corrected chi connectivity index (χ1v) is 14.9. The first kappa shape index (κ1) is 27.8. The number of amides is 3. The summed E-state index contributed by atoms with van der Waals surface area (Å²) in [5, 5.41) is 6.48. The summed E-state index contributed by atoms with van der Waals surface area (Å²) in [4.78, 5) is 44.7. The van der Waals surface area contributed by atoms with Crippen LogP contribution in [0.1, 0.15) is 56.9 Å². The van der Waals surface area contributed by atoms with Gasteiger partial charge in [-0.15, -0.1) is 0 Å². The maximum Gasteiger partial charge on any atom is 0.243 e. The smallest absolute Gasteiger partial charge is 0.243 e. The van der Waals surface area contributed by atoms with Gasteiger partial charge in [0.05, 0.1) is 12.0 Å². The number of piperidine rings is 2. The zero-order chi connectivity index (χ0) is 27.1. The fourth-order valence-electron chi connectivity index (χ4n) is 6.63. The minimum atomic E-state index is -0.637. The molecule has 3 amide bonds. The third kappa shape index (κ3) is 7.09. The lowest BCUT2D eigenvalue weighted by Crippen LogP contribution is -2.58. The van der Waals surface area contributed by atoms with Crippen LogP contribution < -0.4 is 10.6 Å². The summed E-state index contributed by atoms with van der Waals surface area (Å²) in [7, 11) is 0. The number of likely N-dealkylation sites (tertiary alicyclic amines) is 2. The van der Waals surface area contributed by atoms with Crippen molar-refractivity contribution in [2.24, 2.45) is 11.3 Å². The molecule has 3 saturated heterocycles. The van der Waals surface area contributed by atoms with E-state index >= 15 is 0 Å². The molecule has 2 N–H and O–H groups in total. The first-order chi connectivity index (χ1) is 19.0. The average Bonchev–Trinajstić information content (AvgIpc) is 2.97. The van der Waals surface area contributed by atoms with Crippen LogP contribution in [0.15, 0.2) is 42.5 Å². The van der Waals surface area contributed by atoms with E-state index in [4.69, 9.17) is 4.74 Å². The van der Waals surface area contributed by atoms with Gasteiger partial charge < -0.3 is 20.3 Å². The van der Waals surface area contributed by atoms with Crippen LogP contribution in [0.2, 0.25) is 0 Å². The van der Waals surface area contributed by atoms with Gasteiger partial charge in [0.1, 0.15) is 6.04 Å². The number of carbonyl (C=O) groups is 3. The van der Waals surface area contributed by atoms with Crippen molar-refractivity contribution in [1.29, 1.82) is 0 Å². The van der Waals surface area contributed by atoms with Crippen molar-refractivity contribution in [3.8, 4) is 0 Å². The fourth-order valence-corrected chi connectivity index (χ4v) is 6.63. The zero-order valence-electron chi connectivity index (χ0n) is 23.1. The molecule has 3 atom stereocenters.